The molecule has 0 aromatic heterocycles. The molecule has 0 saturated heterocycles. The quantitative estimate of drug-likeness (QED) is 0.432. The summed E-state index contributed by atoms with van der Waals surface area (Å²) in [6, 6.07) is 8.67. The average Bonchev–Trinajstić information content (AvgIpc) is 2.63. The van der Waals surface area contributed by atoms with Gasteiger partial charge in [-0.3, -0.25) is 0 Å². The topological polar surface area (TPSA) is 18.5 Å². The van der Waals surface area contributed by atoms with E-state index in [2.05, 4.69) is 45.0 Å². The SMILES string of the molecule is CCCCCC1=C(OCC)CC(C(C)c2ccc(OCC)cc2)CC1. The second kappa shape index (κ2) is 10.5. The molecule has 1 aliphatic rings. The Labute approximate surface area is 154 Å². The summed E-state index contributed by atoms with van der Waals surface area (Å²) >= 11 is 0. The van der Waals surface area contributed by atoms with Crippen molar-refractivity contribution in [2.45, 2.75) is 78.6 Å². The van der Waals surface area contributed by atoms with Crippen LogP contribution in [0.25, 0.3) is 0 Å². The molecule has 2 heteroatoms. The average molecular weight is 345 g/mol. The van der Waals surface area contributed by atoms with Crippen LogP contribution in [-0.2, 0) is 4.74 Å². The number of allylic oxidation sites excluding steroid dienone is 2. The van der Waals surface area contributed by atoms with E-state index >= 15 is 0 Å². The van der Waals surface area contributed by atoms with Gasteiger partial charge in [0, 0.05) is 6.42 Å². The minimum atomic E-state index is 0.559. The molecule has 0 N–H and O–H groups in total. The Balaban J connectivity index is 2.02. The Morgan fingerprint density at radius 3 is 2.36 bits per heavy atom. The first-order valence-corrected chi connectivity index (χ1v) is 10.3. The lowest BCUT2D eigenvalue weighted by Gasteiger charge is -2.31. The van der Waals surface area contributed by atoms with Crippen molar-refractivity contribution in [2.24, 2.45) is 5.92 Å². The number of unbranched alkanes of at least 4 members (excludes halogenated alkanes) is 2. The van der Waals surface area contributed by atoms with E-state index in [1.165, 1.54) is 49.8 Å². The molecule has 2 atom stereocenters. The Morgan fingerprint density at radius 2 is 1.72 bits per heavy atom. The van der Waals surface area contributed by atoms with E-state index in [0.29, 0.717) is 11.8 Å². The van der Waals surface area contributed by atoms with E-state index in [1.807, 2.05) is 6.92 Å². The fourth-order valence-corrected chi connectivity index (χ4v) is 3.90. The first-order valence-electron chi connectivity index (χ1n) is 10.3. The second-order valence-electron chi connectivity index (χ2n) is 7.21. The lowest BCUT2D eigenvalue weighted by atomic mass is 9.77. The standard InChI is InChI=1S/C23H36O2/c1-5-8-9-10-20-11-12-21(17-23(20)25-7-3)18(4)19-13-15-22(16-14-19)24-6-2/h13-16,18,21H,5-12,17H2,1-4H3. The zero-order valence-corrected chi connectivity index (χ0v) is 16.6. The molecular formula is C23H36O2. The summed E-state index contributed by atoms with van der Waals surface area (Å²) in [7, 11) is 0. The molecule has 2 rings (SSSR count). The molecular weight excluding hydrogens is 308 g/mol. The first kappa shape index (κ1) is 19.9. The first-order chi connectivity index (χ1) is 12.2. The summed E-state index contributed by atoms with van der Waals surface area (Å²) in [6.07, 6.45) is 8.75. The van der Waals surface area contributed by atoms with Gasteiger partial charge in [0.2, 0.25) is 0 Å². The second-order valence-corrected chi connectivity index (χ2v) is 7.21. The van der Waals surface area contributed by atoms with Crippen molar-refractivity contribution < 1.29 is 9.47 Å². The van der Waals surface area contributed by atoms with E-state index in [-0.39, 0.29) is 0 Å². The van der Waals surface area contributed by atoms with Crippen LogP contribution in [0.2, 0.25) is 0 Å². The molecule has 0 radical (unpaired) electrons. The van der Waals surface area contributed by atoms with Crippen LogP contribution >= 0.6 is 0 Å². The number of rotatable bonds is 10. The molecule has 25 heavy (non-hydrogen) atoms. The van der Waals surface area contributed by atoms with Crippen molar-refractivity contribution in [1.29, 1.82) is 0 Å². The van der Waals surface area contributed by atoms with Gasteiger partial charge in [0.05, 0.1) is 19.0 Å². The van der Waals surface area contributed by atoms with E-state index in [9.17, 15) is 0 Å². The van der Waals surface area contributed by atoms with Crippen LogP contribution in [0.1, 0.15) is 84.1 Å². The smallest absolute Gasteiger partial charge is 0.119 e. The fourth-order valence-electron chi connectivity index (χ4n) is 3.90. The molecule has 2 nitrogen and oxygen atoms in total. The van der Waals surface area contributed by atoms with Crippen LogP contribution in [0, 0.1) is 5.92 Å². The van der Waals surface area contributed by atoms with Crippen molar-refractivity contribution in [1.82, 2.24) is 0 Å². The number of hydrogen-bond acceptors (Lipinski definition) is 2. The van der Waals surface area contributed by atoms with Crippen LogP contribution in [0.3, 0.4) is 0 Å². The van der Waals surface area contributed by atoms with E-state index in [1.54, 1.807) is 5.57 Å². The Bertz CT molecular complexity index is 530. The Hall–Kier alpha value is -1.44. The molecule has 0 aliphatic heterocycles. The van der Waals surface area contributed by atoms with Gasteiger partial charge in [-0.05, 0) is 74.6 Å². The summed E-state index contributed by atoms with van der Waals surface area (Å²) in [6.45, 7) is 10.3. The highest BCUT2D eigenvalue weighted by Gasteiger charge is 2.27. The maximum atomic E-state index is 6.05. The van der Waals surface area contributed by atoms with Crippen molar-refractivity contribution >= 4 is 0 Å². The Kier molecular flexibility index (Phi) is 8.37. The minimum Gasteiger partial charge on any atom is -0.498 e. The molecule has 0 heterocycles. The predicted octanol–water partition coefficient (Wildman–Crippen LogP) is 6.86. The van der Waals surface area contributed by atoms with Crippen molar-refractivity contribution in [3.05, 3.63) is 41.2 Å². The minimum absolute atomic E-state index is 0.559. The maximum Gasteiger partial charge on any atom is 0.119 e. The summed E-state index contributed by atoms with van der Waals surface area (Å²) in [5.41, 5.74) is 3.00. The third-order valence-corrected chi connectivity index (χ3v) is 5.48. The fraction of sp³-hybridized carbons (Fsp3) is 0.652. The predicted molar refractivity (Wildman–Crippen MR) is 106 cm³/mol. The normalized spacial score (nSPS) is 19.0. The van der Waals surface area contributed by atoms with Crippen LogP contribution < -0.4 is 4.74 Å². The largest absolute Gasteiger partial charge is 0.498 e. The van der Waals surface area contributed by atoms with Crippen LogP contribution in [0.15, 0.2) is 35.6 Å². The van der Waals surface area contributed by atoms with Gasteiger partial charge in [-0.1, -0.05) is 38.8 Å². The van der Waals surface area contributed by atoms with Crippen molar-refractivity contribution in [3.63, 3.8) is 0 Å². The van der Waals surface area contributed by atoms with Gasteiger partial charge in [0.25, 0.3) is 0 Å². The van der Waals surface area contributed by atoms with Gasteiger partial charge >= 0.3 is 0 Å². The zero-order valence-electron chi connectivity index (χ0n) is 16.6. The third kappa shape index (κ3) is 5.80. The molecule has 140 valence electrons. The number of hydrogen-bond donors (Lipinski definition) is 0. The summed E-state index contributed by atoms with van der Waals surface area (Å²) < 4.78 is 11.6. The van der Waals surface area contributed by atoms with E-state index in [0.717, 1.165) is 25.4 Å². The summed E-state index contributed by atoms with van der Waals surface area (Å²) in [4.78, 5) is 0. The maximum absolute atomic E-state index is 6.05. The molecule has 0 saturated carbocycles. The highest BCUT2D eigenvalue weighted by molar-refractivity contribution is 5.30. The molecule has 2 unspecified atom stereocenters. The lowest BCUT2D eigenvalue weighted by molar-refractivity contribution is 0.182. The van der Waals surface area contributed by atoms with E-state index in [4.69, 9.17) is 9.47 Å². The Morgan fingerprint density at radius 1 is 1.00 bits per heavy atom. The van der Waals surface area contributed by atoms with Gasteiger partial charge in [-0.25, -0.2) is 0 Å². The highest BCUT2D eigenvalue weighted by atomic mass is 16.5. The molecule has 0 amide bonds. The number of benzene rings is 1. The third-order valence-electron chi connectivity index (χ3n) is 5.48. The zero-order chi connectivity index (χ0) is 18.1. The van der Waals surface area contributed by atoms with E-state index < -0.39 is 0 Å². The van der Waals surface area contributed by atoms with Crippen molar-refractivity contribution in [3.8, 4) is 5.75 Å². The van der Waals surface area contributed by atoms with Gasteiger partial charge in [0.1, 0.15) is 5.75 Å². The van der Waals surface area contributed by atoms with Crippen LogP contribution in [0.5, 0.6) is 5.75 Å². The monoisotopic (exact) mass is 344 g/mol. The van der Waals surface area contributed by atoms with Gasteiger partial charge in [-0.15, -0.1) is 0 Å². The molecule has 1 aromatic carbocycles. The lowest BCUT2D eigenvalue weighted by Crippen LogP contribution is -2.18. The summed E-state index contributed by atoms with van der Waals surface area (Å²) in [5, 5.41) is 0. The van der Waals surface area contributed by atoms with Crippen LogP contribution in [-0.4, -0.2) is 13.2 Å². The van der Waals surface area contributed by atoms with Crippen molar-refractivity contribution in [2.75, 3.05) is 13.2 Å². The summed E-state index contributed by atoms with van der Waals surface area (Å²) in [5.74, 6) is 3.50. The molecule has 0 bridgehead atoms. The molecule has 0 fully saturated rings. The highest BCUT2D eigenvalue weighted by Crippen LogP contribution is 2.40. The molecule has 0 spiro atoms. The van der Waals surface area contributed by atoms with Gasteiger partial charge < -0.3 is 9.47 Å². The van der Waals surface area contributed by atoms with Crippen LogP contribution in [0.4, 0.5) is 0 Å². The van der Waals surface area contributed by atoms with Gasteiger partial charge in [0.15, 0.2) is 0 Å². The molecule has 1 aromatic rings. The number of ether oxygens (including phenoxy) is 2. The van der Waals surface area contributed by atoms with Gasteiger partial charge in [-0.2, -0.15) is 0 Å². The molecule has 1 aliphatic carbocycles.